The third-order valence-corrected chi connectivity index (χ3v) is 2.95. The van der Waals surface area contributed by atoms with E-state index in [-0.39, 0.29) is 0 Å². The van der Waals surface area contributed by atoms with Crippen LogP contribution in [0.4, 0.5) is 0 Å². The Morgan fingerprint density at radius 3 is 2.45 bits per heavy atom. The topological polar surface area (TPSA) is 23.3 Å². The fraction of sp³-hybridized carbons (Fsp3) is 1.00. The smallest absolute Gasteiger partial charge is 0.0468 e. The molecule has 1 atom stereocenters. The molecule has 0 aromatic rings. The van der Waals surface area contributed by atoms with E-state index in [1.54, 1.807) is 0 Å². The van der Waals surface area contributed by atoms with Gasteiger partial charge in [0.25, 0.3) is 0 Å². The average Bonchev–Trinajstić information content (AvgIpc) is 2.58. The highest BCUT2D eigenvalue weighted by molar-refractivity contribution is 4.79. The molecule has 0 aromatic heterocycles. The van der Waals surface area contributed by atoms with Gasteiger partial charge in [-0.05, 0) is 31.1 Å². The monoisotopic (exact) mass is 154 g/mol. The van der Waals surface area contributed by atoms with Crippen molar-refractivity contribution in [1.82, 2.24) is 5.32 Å². The summed E-state index contributed by atoms with van der Waals surface area (Å²) < 4.78 is 5.33. The van der Waals surface area contributed by atoms with Crippen molar-refractivity contribution in [3.05, 3.63) is 0 Å². The highest BCUT2D eigenvalue weighted by atomic mass is 16.5. The summed E-state index contributed by atoms with van der Waals surface area (Å²) in [4.78, 5) is 0. The largest absolute Gasteiger partial charge is 0.381 e. The van der Waals surface area contributed by atoms with Gasteiger partial charge in [-0.15, -0.1) is 0 Å². The Hall–Kier alpha value is -0.0800. The minimum atomic E-state index is 0.902. The lowest BCUT2D eigenvalue weighted by Crippen LogP contribution is -2.23. The highest BCUT2D eigenvalue weighted by Crippen LogP contribution is 2.28. The Labute approximate surface area is 68.3 Å². The van der Waals surface area contributed by atoms with Crippen molar-refractivity contribution in [2.45, 2.75) is 19.3 Å². The van der Waals surface area contributed by atoms with Gasteiger partial charge in [-0.1, -0.05) is 0 Å². The first-order valence-corrected chi connectivity index (χ1v) is 4.68. The first kappa shape index (κ1) is 7.56. The van der Waals surface area contributed by atoms with Gasteiger partial charge in [0.05, 0.1) is 0 Å². The molecule has 1 radical (unpaired) electrons. The van der Waals surface area contributed by atoms with Gasteiger partial charge in [0.15, 0.2) is 0 Å². The molecular formula is C9H16NO. The van der Waals surface area contributed by atoms with Crippen LogP contribution in [0.1, 0.15) is 19.3 Å². The molecule has 2 aliphatic rings. The summed E-state index contributed by atoms with van der Waals surface area (Å²) in [5.41, 5.74) is 0. The molecule has 0 spiro atoms. The minimum Gasteiger partial charge on any atom is -0.381 e. The molecule has 2 heterocycles. The first-order valence-electron chi connectivity index (χ1n) is 4.68. The van der Waals surface area contributed by atoms with E-state index in [4.69, 9.17) is 4.74 Å². The van der Waals surface area contributed by atoms with E-state index in [1.165, 1.54) is 19.3 Å². The molecule has 2 rings (SSSR count). The lowest BCUT2D eigenvalue weighted by atomic mass is 9.85. The van der Waals surface area contributed by atoms with Gasteiger partial charge in [0, 0.05) is 26.3 Å². The van der Waals surface area contributed by atoms with Crippen LogP contribution in [0.3, 0.4) is 0 Å². The van der Waals surface area contributed by atoms with E-state index in [0.29, 0.717) is 0 Å². The van der Waals surface area contributed by atoms with Crippen LogP contribution in [-0.4, -0.2) is 26.3 Å². The maximum absolute atomic E-state index is 5.33. The standard InChI is InChI=1S/C9H16NO/c1-4-10-7-9(1)8-2-5-11-6-3-8/h8-9H,1-7H2. The van der Waals surface area contributed by atoms with E-state index >= 15 is 0 Å². The lowest BCUT2D eigenvalue weighted by Gasteiger charge is -2.26. The highest BCUT2D eigenvalue weighted by Gasteiger charge is 2.26. The molecule has 0 saturated carbocycles. The SMILES string of the molecule is C1CC(C2CCOCC2)C[N]1. The van der Waals surface area contributed by atoms with Gasteiger partial charge >= 0.3 is 0 Å². The zero-order chi connectivity index (χ0) is 7.52. The normalized spacial score (nSPS) is 34.4. The van der Waals surface area contributed by atoms with Crippen LogP contribution in [0.25, 0.3) is 0 Å². The van der Waals surface area contributed by atoms with Gasteiger partial charge in [-0.25, -0.2) is 5.32 Å². The zero-order valence-corrected chi connectivity index (χ0v) is 6.96. The van der Waals surface area contributed by atoms with E-state index in [1.807, 2.05) is 0 Å². The zero-order valence-electron chi connectivity index (χ0n) is 6.96. The van der Waals surface area contributed by atoms with Gasteiger partial charge in [-0.2, -0.15) is 0 Å². The Bertz CT molecular complexity index is 115. The van der Waals surface area contributed by atoms with Crippen LogP contribution >= 0.6 is 0 Å². The molecule has 0 N–H and O–H groups in total. The first-order chi connectivity index (χ1) is 5.47. The average molecular weight is 154 g/mol. The van der Waals surface area contributed by atoms with E-state index in [9.17, 15) is 0 Å². The Balaban J connectivity index is 1.82. The van der Waals surface area contributed by atoms with Crippen molar-refractivity contribution in [2.24, 2.45) is 11.8 Å². The number of nitrogens with zero attached hydrogens (tertiary/aromatic N) is 1. The molecule has 0 amide bonds. The fourth-order valence-electron chi connectivity index (χ4n) is 2.18. The molecule has 1 unspecified atom stereocenters. The molecule has 0 bridgehead atoms. The number of rotatable bonds is 1. The predicted octanol–water partition coefficient (Wildman–Crippen LogP) is 1.04. The van der Waals surface area contributed by atoms with Crippen LogP contribution in [0.5, 0.6) is 0 Å². The van der Waals surface area contributed by atoms with Gasteiger partial charge in [0.2, 0.25) is 0 Å². The maximum Gasteiger partial charge on any atom is 0.0468 e. The number of hydrogen-bond acceptors (Lipinski definition) is 1. The van der Waals surface area contributed by atoms with Crippen molar-refractivity contribution in [3.8, 4) is 0 Å². The Morgan fingerprint density at radius 2 is 1.82 bits per heavy atom. The molecule has 2 aliphatic heterocycles. The number of hydrogen-bond donors (Lipinski definition) is 0. The molecule has 63 valence electrons. The molecule has 2 heteroatoms. The third kappa shape index (κ3) is 1.74. The fourth-order valence-corrected chi connectivity index (χ4v) is 2.18. The molecule has 2 nitrogen and oxygen atoms in total. The number of ether oxygens (including phenoxy) is 1. The summed E-state index contributed by atoms with van der Waals surface area (Å²) in [5.74, 6) is 1.83. The Kier molecular flexibility index (Phi) is 2.44. The molecule has 0 aromatic carbocycles. The minimum absolute atomic E-state index is 0.902. The van der Waals surface area contributed by atoms with E-state index < -0.39 is 0 Å². The summed E-state index contributed by atoms with van der Waals surface area (Å²) in [7, 11) is 0. The van der Waals surface area contributed by atoms with Crippen molar-refractivity contribution in [2.75, 3.05) is 26.3 Å². The van der Waals surface area contributed by atoms with Gasteiger partial charge < -0.3 is 4.74 Å². The molecule has 0 aliphatic carbocycles. The second-order valence-corrected chi connectivity index (χ2v) is 3.63. The summed E-state index contributed by atoms with van der Waals surface area (Å²) in [5, 5.41) is 4.40. The van der Waals surface area contributed by atoms with Crippen LogP contribution in [0.2, 0.25) is 0 Å². The molecular weight excluding hydrogens is 138 g/mol. The summed E-state index contributed by atoms with van der Waals surface area (Å²) in [6.45, 7) is 4.22. The van der Waals surface area contributed by atoms with Crippen molar-refractivity contribution >= 4 is 0 Å². The quantitative estimate of drug-likeness (QED) is 0.553. The van der Waals surface area contributed by atoms with Crippen molar-refractivity contribution in [1.29, 1.82) is 0 Å². The maximum atomic E-state index is 5.33. The Morgan fingerprint density at radius 1 is 1.00 bits per heavy atom. The summed E-state index contributed by atoms with van der Waals surface area (Å²) in [6.07, 6.45) is 3.89. The molecule has 2 fully saturated rings. The second-order valence-electron chi connectivity index (χ2n) is 3.63. The second kappa shape index (κ2) is 3.55. The summed E-state index contributed by atoms with van der Waals surface area (Å²) in [6, 6.07) is 0. The molecule has 11 heavy (non-hydrogen) atoms. The van der Waals surface area contributed by atoms with Gasteiger partial charge in [-0.3, -0.25) is 0 Å². The summed E-state index contributed by atoms with van der Waals surface area (Å²) >= 11 is 0. The van der Waals surface area contributed by atoms with Crippen molar-refractivity contribution in [3.63, 3.8) is 0 Å². The predicted molar refractivity (Wildman–Crippen MR) is 43.5 cm³/mol. The van der Waals surface area contributed by atoms with Crippen LogP contribution in [-0.2, 0) is 4.74 Å². The third-order valence-electron chi connectivity index (χ3n) is 2.95. The van der Waals surface area contributed by atoms with Crippen LogP contribution in [0, 0.1) is 11.8 Å². The van der Waals surface area contributed by atoms with Crippen LogP contribution in [0.15, 0.2) is 0 Å². The van der Waals surface area contributed by atoms with Crippen LogP contribution < -0.4 is 5.32 Å². The van der Waals surface area contributed by atoms with E-state index in [2.05, 4.69) is 5.32 Å². The van der Waals surface area contributed by atoms with Gasteiger partial charge in [0.1, 0.15) is 0 Å². The van der Waals surface area contributed by atoms with Crippen molar-refractivity contribution < 1.29 is 4.74 Å². The molecule has 2 saturated heterocycles. The lowest BCUT2D eigenvalue weighted by molar-refractivity contribution is 0.0497. The van der Waals surface area contributed by atoms with E-state index in [0.717, 1.165) is 38.1 Å².